The number of amides is 1. The van der Waals surface area contributed by atoms with E-state index in [9.17, 15) is 9.59 Å². The number of rotatable bonds is 4. The lowest BCUT2D eigenvalue weighted by atomic mass is 10.2. The van der Waals surface area contributed by atoms with Crippen LogP contribution < -0.4 is 5.32 Å². The van der Waals surface area contributed by atoms with Gasteiger partial charge in [0, 0.05) is 25.7 Å². The van der Waals surface area contributed by atoms with E-state index in [1.807, 2.05) is 30.3 Å². The molecule has 0 aliphatic carbocycles. The van der Waals surface area contributed by atoms with Crippen molar-refractivity contribution in [2.45, 2.75) is 13.0 Å². The van der Waals surface area contributed by atoms with Crippen LogP contribution in [-0.2, 0) is 14.3 Å². The van der Waals surface area contributed by atoms with Crippen LogP contribution in [0.5, 0.6) is 0 Å². The van der Waals surface area contributed by atoms with E-state index in [-0.39, 0.29) is 13.3 Å². The molecule has 4 nitrogen and oxygen atoms in total. The Kier molecular flexibility index (Phi) is 8.97. The van der Waals surface area contributed by atoms with Gasteiger partial charge < -0.3 is 10.1 Å². The fourth-order valence-electron chi connectivity index (χ4n) is 1.30. The molecular formula is C15H15NO3S. The minimum Gasteiger partial charge on any atom is -0.467 e. The van der Waals surface area contributed by atoms with Crippen molar-refractivity contribution in [3.05, 3.63) is 43.3 Å². The summed E-state index contributed by atoms with van der Waals surface area (Å²) in [5.41, 5.74) is 0.907. The number of thioether (sulfide) groups is 1. The molecule has 0 aliphatic rings. The van der Waals surface area contributed by atoms with Gasteiger partial charge in [-0.1, -0.05) is 35.9 Å². The molecule has 0 aromatic heterocycles. The first kappa shape index (κ1) is 18.1. The van der Waals surface area contributed by atoms with Crippen LogP contribution in [0.1, 0.15) is 12.5 Å². The van der Waals surface area contributed by atoms with Crippen LogP contribution in [0.2, 0.25) is 0 Å². The lowest BCUT2D eigenvalue weighted by molar-refractivity contribution is -0.144. The first-order chi connectivity index (χ1) is 9.13. The van der Waals surface area contributed by atoms with Crippen LogP contribution in [0.15, 0.2) is 30.3 Å². The highest BCUT2D eigenvalue weighted by molar-refractivity contribution is 8.03. The van der Waals surface area contributed by atoms with E-state index in [1.54, 1.807) is 0 Å². The van der Waals surface area contributed by atoms with Gasteiger partial charge in [0.1, 0.15) is 6.04 Å². The lowest BCUT2D eigenvalue weighted by Gasteiger charge is -2.12. The molecule has 1 N–H and O–H groups in total. The van der Waals surface area contributed by atoms with Crippen molar-refractivity contribution in [1.29, 1.82) is 0 Å². The molecule has 0 spiro atoms. The maximum absolute atomic E-state index is 11.4. The van der Waals surface area contributed by atoms with Gasteiger partial charge in [-0.05, 0) is 17.4 Å². The second-order valence-corrected chi connectivity index (χ2v) is 4.51. The van der Waals surface area contributed by atoms with Crippen LogP contribution in [0.25, 0.3) is 0 Å². The van der Waals surface area contributed by atoms with Gasteiger partial charge in [-0.25, -0.2) is 4.79 Å². The molecule has 20 heavy (non-hydrogen) atoms. The minimum absolute atomic E-state index is 0. The highest BCUT2D eigenvalue weighted by Gasteiger charge is 2.19. The number of carbonyl (C=O) groups is 2. The first-order valence-corrected chi connectivity index (χ1v) is 6.65. The van der Waals surface area contributed by atoms with Gasteiger partial charge in [0.2, 0.25) is 5.91 Å². The SMILES string of the molecule is COC(=O)[C@H](CSC#Cc1ccccc1)NC(C)=O.[C]. The van der Waals surface area contributed by atoms with Crippen molar-refractivity contribution in [2.24, 2.45) is 0 Å². The molecular weight excluding hydrogens is 274 g/mol. The Morgan fingerprint density at radius 1 is 1.35 bits per heavy atom. The molecule has 0 saturated heterocycles. The van der Waals surface area contributed by atoms with Gasteiger partial charge in [-0.2, -0.15) is 0 Å². The predicted molar refractivity (Wildman–Crippen MR) is 78.6 cm³/mol. The Hall–Kier alpha value is -1.93. The van der Waals surface area contributed by atoms with Crippen LogP contribution in [0, 0.1) is 18.6 Å². The molecule has 1 amide bonds. The molecule has 1 atom stereocenters. The van der Waals surface area contributed by atoms with Crippen molar-refractivity contribution in [3.8, 4) is 11.2 Å². The van der Waals surface area contributed by atoms with Crippen LogP contribution >= 0.6 is 11.8 Å². The average Bonchev–Trinajstić information content (AvgIpc) is 2.42. The van der Waals surface area contributed by atoms with E-state index >= 15 is 0 Å². The van der Waals surface area contributed by atoms with Gasteiger partial charge >= 0.3 is 5.97 Å². The fraction of sp³-hybridized carbons (Fsp3) is 0.267. The summed E-state index contributed by atoms with van der Waals surface area (Å²) in [6, 6.07) is 8.87. The molecule has 1 aromatic rings. The zero-order valence-electron chi connectivity index (χ0n) is 11.3. The van der Waals surface area contributed by atoms with Crippen molar-refractivity contribution in [1.82, 2.24) is 5.32 Å². The Balaban J connectivity index is 0.00000361. The van der Waals surface area contributed by atoms with E-state index in [1.165, 1.54) is 25.8 Å². The lowest BCUT2D eigenvalue weighted by Crippen LogP contribution is -2.42. The summed E-state index contributed by atoms with van der Waals surface area (Å²) in [5, 5.41) is 5.42. The number of hydrogen-bond donors (Lipinski definition) is 1. The third-order valence-corrected chi connectivity index (χ3v) is 2.90. The quantitative estimate of drug-likeness (QED) is 0.674. The summed E-state index contributed by atoms with van der Waals surface area (Å²) in [6.45, 7) is 1.36. The molecule has 0 aliphatic heterocycles. The predicted octanol–water partition coefficient (Wildman–Crippen LogP) is 1.49. The monoisotopic (exact) mass is 289 g/mol. The van der Waals surface area contributed by atoms with Crippen LogP contribution in [0.4, 0.5) is 0 Å². The van der Waals surface area contributed by atoms with Gasteiger partial charge in [0.05, 0.1) is 7.11 Å². The second-order valence-electron chi connectivity index (χ2n) is 3.68. The number of nitrogens with one attached hydrogen (secondary N) is 1. The molecule has 5 heteroatoms. The molecule has 0 saturated carbocycles. The van der Waals surface area contributed by atoms with Crippen molar-refractivity contribution in [3.63, 3.8) is 0 Å². The normalized spacial score (nSPS) is 10.3. The third kappa shape index (κ3) is 6.86. The van der Waals surface area contributed by atoms with Gasteiger partial charge in [0.15, 0.2) is 0 Å². The van der Waals surface area contributed by atoms with E-state index < -0.39 is 12.0 Å². The molecule has 1 rings (SSSR count). The van der Waals surface area contributed by atoms with Gasteiger partial charge in [-0.3, -0.25) is 4.79 Å². The van der Waals surface area contributed by atoms with E-state index in [4.69, 9.17) is 0 Å². The Morgan fingerprint density at radius 2 is 2.00 bits per heavy atom. The average molecular weight is 289 g/mol. The standard InChI is InChI=1S/C14H15NO3S.C/c1-11(16)15-13(14(17)18-2)10-19-9-8-12-6-4-3-5-7-12;/h3-7,13H,10H2,1-2H3,(H,15,16);/t13-;/m0./s1. The maximum Gasteiger partial charge on any atom is 0.329 e. The molecule has 104 valence electrons. The summed E-state index contributed by atoms with van der Waals surface area (Å²) >= 11 is 1.27. The Morgan fingerprint density at radius 3 is 2.55 bits per heavy atom. The summed E-state index contributed by atoms with van der Waals surface area (Å²) in [5.74, 6) is 2.57. The molecule has 0 bridgehead atoms. The fourth-order valence-corrected chi connectivity index (χ4v) is 1.96. The Bertz CT molecular complexity index is 491. The van der Waals surface area contributed by atoms with E-state index in [0.717, 1.165) is 5.56 Å². The maximum atomic E-state index is 11.4. The third-order valence-electron chi connectivity index (χ3n) is 2.15. The highest BCUT2D eigenvalue weighted by Crippen LogP contribution is 2.04. The summed E-state index contributed by atoms with van der Waals surface area (Å²) in [7, 11) is 1.29. The van der Waals surface area contributed by atoms with Crippen molar-refractivity contribution in [2.75, 3.05) is 12.9 Å². The summed E-state index contributed by atoms with van der Waals surface area (Å²) < 4.78 is 4.61. The summed E-state index contributed by atoms with van der Waals surface area (Å²) in [4.78, 5) is 22.4. The number of esters is 1. The number of hydrogen-bond acceptors (Lipinski definition) is 4. The minimum atomic E-state index is -0.669. The van der Waals surface area contributed by atoms with Crippen molar-refractivity contribution >= 4 is 23.6 Å². The second kappa shape index (κ2) is 9.93. The zero-order valence-corrected chi connectivity index (χ0v) is 12.1. The molecule has 0 unspecified atom stereocenters. The van der Waals surface area contributed by atoms with E-state index in [0.29, 0.717) is 5.75 Å². The van der Waals surface area contributed by atoms with Crippen molar-refractivity contribution < 1.29 is 14.3 Å². The largest absolute Gasteiger partial charge is 0.467 e. The molecule has 0 heterocycles. The molecule has 0 fully saturated rings. The molecule has 1 aromatic carbocycles. The van der Waals surface area contributed by atoms with Crippen LogP contribution in [0.3, 0.4) is 0 Å². The zero-order chi connectivity index (χ0) is 14.1. The number of carbonyl (C=O) groups excluding carboxylic acids is 2. The number of methoxy groups -OCH3 is 1. The number of ether oxygens (including phenoxy) is 1. The number of benzene rings is 1. The molecule has 4 radical (unpaired) electrons. The summed E-state index contributed by atoms with van der Waals surface area (Å²) in [6.07, 6.45) is 0. The highest BCUT2D eigenvalue weighted by atomic mass is 32.2. The van der Waals surface area contributed by atoms with Crippen LogP contribution in [-0.4, -0.2) is 30.8 Å². The topological polar surface area (TPSA) is 55.4 Å². The van der Waals surface area contributed by atoms with E-state index in [2.05, 4.69) is 21.2 Å². The Labute approximate surface area is 124 Å². The smallest absolute Gasteiger partial charge is 0.329 e. The van der Waals surface area contributed by atoms with Gasteiger partial charge in [0.25, 0.3) is 0 Å². The van der Waals surface area contributed by atoms with Gasteiger partial charge in [-0.15, -0.1) is 0 Å². The first-order valence-electron chi connectivity index (χ1n) is 5.66.